The van der Waals surface area contributed by atoms with E-state index in [4.69, 9.17) is 14.2 Å². The first-order chi connectivity index (χ1) is 13.0. The van der Waals surface area contributed by atoms with Crippen LogP contribution in [0.5, 0.6) is 5.75 Å². The van der Waals surface area contributed by atoms with E-state index in [0.717, 1.165) is 17.0 Å². The molecule has 6 nitrogen and oxygen atoms in total. The van der Waals surface area contributed by atoms with E-state index in [1.54, 1.807) is 14.0 Å². The number of ether oxygens (including phenoxy) is 3. The fourth-order valence-electron chi connectivity index (χ4n) is 3.56. The Labute approximate surface area is 158 Å². The molecular weight excluding hydrogens is 346 g/mol. The molecule has 1 atom stereocenters. The molecule has 144 valence electrons. The highest BCUT2D eigenvalue weighted by molar-refractivity contribution is 6.03. The molecule has 27 heavy (non-hydrogen) atoms. The van der Waals surface area contributed by atoms with Gasteiger partial charge in [-0.2, -0.15) is 0 Å². The molecule has 0 spiro atoms. The number of hydrogen-bond acceptors (Lipinski definition) is 5. The van der Waals surface area contributed by atoms with Crippen LogP contribution < -0.4 is 4.74 Å². The summed E-state index contributed by atoms with van der Waals surface area (Å²) in [6, 6.07) is 7.77. The molecule has 0 saturated heterocycles. The lowest BCUT2D eigenvalue weighted by atomic mass is 9.81. The zero-order valence-corrected chi connectivity index (χ0v) is 16.0. The predicted octanol–water partition coefficient (Wildman–Crippen LogP) is 3.44. The number of aromatic nitrogens is 1. The highest BCUT2D eigenvalue weighted by Crippen LogP contribution is 2.35. The minimum atomic E-state index is -0.449. The summed E-state index contributed by atoms with van der Waals surface area (Å²) in [5, 5.41) is 0. The van der Waals surface area contributed by atoms with Crippen molar-refractivity contribution in [2.24, 2.45) is 0 Å². The van der Waals surface area contributed by atoms with Crippen molar-refractivity contribution in [2.45, 2.75) is 32.6 Å². The van der Waals surface area contributed by atoms with Gasteiger partial charge in [0.05, 0.1) is 13.7 Å². The smallest absolute Gasteiger partial charge is 0.355 e. The van der Waals surface area contributed by atoms with Gasteiger partial charge in [-0.15, -0.1) is 0 Å². The summed E-state index contributed by atoms with van der Waals surface area (Å²) in [5.74, 6) is 0.472. The van der Waals surface area contributed by atoms with E-state index in [1.165, 1.54) is 0 Å². The lowest BCUT2D eigenvalue weighted by molar-refractivity contribution is 0.0329. The van der Waals surface area contributed by atoms with Crippen LogP contribution in [-0.2, 0) is 15.9 Å². The topological polar surface area (TPSA) is 77.6 Å². The maximum atomic E-state index is 12.7. The van der Waals surface area contributed by atoms with Crippen LogP contribution >= 0.6 is 0 Å². The SMILES string of the molecule is CCOCCOC(=O)c1[nH]c2c(c1C)C(=O)C[C@@H](c1ccc(OC)cc1)C2. The zero-order chi connectivity index (χ0) is 19.4. The van der Waals surface area contributed by atoms with Gasteiger partial charge >= 0.3 is 5.97 Å². The van der Waals surface area contributed by atoms with Crippen LogP contribution in [0.25, 0.3) is 0 Å². The lowest BCUT2D eigenvalue weighted by Crippen LogP contribution is -2.18. The molecule has 6 heteroatoms. The molecule has 3 rings (SSSR count). The van der Waals surface area contributed by atoms with Crippen molar-refractivity contribution in [3.8, 4) is 5.75 Å². The molecule has 0 saturated carbocycles. The van der Waals surface area contributed by atoms with Crippen molar-refractivity contribution >= 4 is 11.8 Å². The van der Waals surface area contributed by atoms with Crippen LogP contribution in [-0.4, -0.2) is 43.7 Å². The third-order valence-corrected chi connectivity index (χ3v) is 4.95. The normalized spacial score (nSPS) is 16.1. The van der Waals surface area contributed by atoms with Crippen LogP contribution in [0.3, 0.4) is 0 Å². The number of ketones is 1. The molecule has 0 fully saturated rings. The summed E-state index contributed by atoms with van der Waals surface area (Å²) in [7, 11) is 1.63. The Bertz CT molecular complexity index is 822. The van der Waals surface area contributed by atoms with E-state index in [-0.39, 0.29) is 18.3 Å². The number of rotatable bonds is 7. The van der Waals surface area contributed by atoms with Gasteiger partial charge in [-0.05, 0) is 49.4 Å². The fraction of sp³-hybridized carbons (Fsp3) is 0.429. The number of Topliss-reactive ketones (excluding diaryl/α,β-unsaturated/α-hetero) is 1. The van der Waals surface area contributed by atoms with Gasteiger partial charge in [0, 0.05) is 24.3 Å². The van der Waals surface area contributed by atoms with Crippen molar-refractivity contribution in [3.63, 3.8) is 0 Å². The quantitative estimate of drug-likeness (QED) is 0.596. The van der Waals surface area contributed by atoms with Crippen LogP contribution in [0.2, 0.25) is 0 Å². The van der Waals surface area contributed by atoms with E-state index in [1.807, 2.05) is 31.2 Å². The van der Waals surface area contributed by atoms with E-state index in [2.05, 4.69) is 4.98 Å². The minimum absolute atomic E-state index is 0.0548. The van der Waals surface area contributed by atoms with Gasteiger partial charge in [0.15, 0.2) is 5.78 Å². The number of fused-ring (bicyclic) bond motifs is 1. The summed E-state index contributed by atoms with van der Waals surface area (Å²) in [6.07, 6.45) is 1.11. The summed E-state index contributed by atoms with van der Waals surface area (Å²) < 4.78 is 15.6. The Hall–Kier alpha value is -2.60. The monoisotopic (exact) mass is 371 g/mol. The molecule has 1 aliphatic rings. The highest BCUT2D eigenvalue weighted by Gasteiger charge is 2.32. The first-order valence-electron chi connectivity index (χ1n) is 9.18. The van der Waals surface area contributed by atoms with Crippen LogP contribution in [0.15, 0.2) is 24.3 Å². The zero-order valence-electron chi connectivity index (χ0n) is 16.0. The van der Waals surface area contributed by atoms with Crippen LogP contribution in [0.4, 0.5) is 0 Å². The molecule has 1 aromatic carbocycles. The van der Waals surface area contributed by atoms with Crippen molar-refractivity contribution in [3.05, 3.63) is 52.3 Å². The van der Waals surface area contributed by atoms with E-state index < -0.39 is 5.97 Å². The van der Waals surface area contributed by atoms with Crippen molar-refractivity contribution in [2.75, 3.05) is 26.9 Å². The number of methoxy groups -OCH3 is 1. The maximum Gasteiger partial charge on any atom is 0.355 e. The molecule has 2 aromatic rings. The second-order valence-electron chi connectivity index (χ2n) is 6.61. The van der Waals surface area contributed by atoms with Gasteiger partial charge in [0.2, 0.25) is 0 Å². The fourth-order valence-corrected chi connectivity index (χ4v) is 3.56. The highest BCUT2D eigenvalue weighted by atomic mass is 16.6. The number of H-pyrrole nitrogens is 1. The van der Waals surface area contributed by atoms with Gasteiger partial charge < -0.3 is 19.2 Å². The van der Waals surface area contributed by atoms with Crippen molar-refractivity contribution in [1.29, 1.82) is 0 Å². The van der Waals surface area contributed by atoms with E-state index in [0.29, 0.717) is 42.9 Å². The van der Waals surface area contributed by atoms with Gasteiger partial charge in [-0.1, -0.05) is 12.1 Å². The Morgan fingerprint density at radius 3 is 2.59 bits per heavy atom. The second kappa shape index (κ2) is 8.39. The number of aromatic amines is 1. The summed E-state index contributed by atoms with van der Waals surface area (Å²) in [5.41, 5.74) is 3.56. The summed E-state index contributed by atoms with van der Waals surface area (Å²) in [6.45, 7) is 4.81. The van der Waals surface area contributed by atoms with Crippen LogP contribution in [0, 0.1) is 6.92 Å². The summed E-state index contributed by atoms with van der Waals surface area (Å²) >= 11 is 0. The molecule has 1 aromatic heterocycles. The number of nitrogens with one attached hydrogen (secondary N) is 1. The molecule has 0 amide bonds. The van der Waals surface area contributed by atoms with Gasteiger partial charge in [0.25, 0.3) is 0 Å². The third kappa shape index (κ3) is 4.06. The molecule has 0 bridgehead atoms. The second-order valence-corrected chi connectivity index (χ2v) is 6.61. The molecule has 0 radical (unpaired) electrons. The minimum Gasteiger partial charge on any atom is -0.497 e. The van der Waals surface area contributed by atoms with Crippen molar-refractivity contribution < 1.29 is 23.8 Å². The first-order valence-corrected chi connectivity index (χ1v) is 9.18. The summed E-state index contributed by atoms with van der Waals surface area (Å²) in [4.78, 5) is 28.2. The Morgan fingerprint density at radius 1 is 1.19 bits per heavy atom. The first kappa shape index (κ1) is 19.2. The van der Waals surface area contributed by atoms with Gasteiger partial charge in [-0.3, -0.25) is 4.79 Å². The molecule has 0 aliphatic heterocycles. The van der Waals surface area contributed by atoms with E-state index >= 15 is 0 Å². The Morgan fingerprint density at radius 2 is 1.93 bits per heavy atom. The number of hydrogen-bond donors (Lipinski definition) is 1. The molecule has 0 unspecified atom stereocenters. The Balaban J connectivity index is 1.77. The number of carbonyl (C=O) groups excluding carboxylic acids is 2. The molecular formula is C21H25NO5. The maximum absolute atomic E-state index is 12.7. The molecule has 1 N–H and O–H groups in total. The number of carbonyl (C=O) groups is 2. The predicted molar refractivity (Wildman–Crippen MR) is 101 cm³/mol. The average Bonchev–Trinajstić information content (AvgIpc) is 3.02. The number of esters is 1. The Kier molecular flexibility index (Phi) is 5.96. The number of benzene rings is 1. The van der Waals surface area contributed by atoms with Gasteiger partial charge in [0.1, 0.15) is 18.1 Å². The average molecular weight is 371 g/mol. The van der Waals surface area contributed by atoms with Crippen LogP contribution in [0.1, 0.15) is 56.9 Å². The largest absolute Gasteiger partial charge is 0.497 e. The standard InChI is InChI=1S/C21H25NO5/c1-4-26-9-10-27-21(24)20-13(2)19-17(22-20)11-15(12-18(19)23)14-5-7-16(25-3)8-6-14/h5-8,15,22H,4,9-12H2,1-3H3/t15-/m0/s1. The van der Waals surface area contributed by atoms with Crippen molar-refractivity contribution in [1.82, 2.24) is 4.98 Å². The molecule has 1 heterocycles. The van der Waals surface area contributed by atoms with Gasteiger partial charge in [-0.25, -0.2) is 4.79 Å². The third-order valence-electron chi connectivity index (χ3n) is 4.95. The molecule has 1 aliphatic carbocycles. The van der Waals surface area contributed by atoms with E-state index in [9.17, 15) is 9.59 Å². The lowest BCUT2D eigenvalue weighted by Gasteiger charge is -2.22.